The van der Waals surface area contributed by atoms with Crippen LogP contribution in [0.4, 0.5) is 0 Å². The fourth-order valence-electron chi connectivity index (χ4n) is 5.61. The van der Waals surface area contributed by atoms with Gasteiger partial charge < -0.3 is 18.8 Å². The summed E-state index contributed by atoms with van der Waals surface area (Å²) >= 11 is 6.04. The van der Waals surface area contributed by atoms with Gasteiger partial charge in [0.05, 0.1) is 41.4 Å². The fourth-order valence-corrected chi connectivity index (χ4v) is 5.72. The first-order valence-electron chi connectivity index (χ1n) is 13.5. The fraction of sp³-hybridized carbons (Fsp3) is 0.400. The topological polar surface area (TPSA) is 98.3 Å². The summed E-state index contributed by atoms with van der Waals surface area (Å²) in [6, 6.07) is 13.6. The summed E-state index contributed by atoms with van der Waals surface area (Å²) in [5.41, 5.74) is 3.93. The molecular weight excluding hydrogens is 528 g/mol. The van der Waals surface area contributed by atoms with Gasteiger partial charge in [-0.2, -0.15) is 5.26 Å². The van der Waals surface area contributed by atoms with E-state index in [-0.39, 0.29) is 6.10 Å². The van der Waals surface area contributed by atoms with Crippen molar-refractivity contribution < 1.29 is 14.2 Å². The maximum Gasteiger partial charge on any atom is 0.292 e. The number of rotatable bonds is 7. The van der Waals surface area contributed by atoms with Crippen molar-refractivity contribution in [3.05, 3.63) is 76.6 Å². The van der Waals surface area contributed by atoms with Crippen LogP contribution in [0, 0.1) is 11.3 Å². The molecule has 1 unspecified atom stereocenters. The number of nitriles is 1. The Hall–Kier alpha value is -3.71. The van der Waals surface area contributed by atoms with E-state index < -0.39 is 5.79 Å². The van der Waals surface area contributed by atoms with Gasteiger partial charge in [-0.25, -0.2) is 9.97 Å². The minimum absolute atomic E-state index is 0.0219. The molecule has 10 heteroatoms. The van der Waals surface area contributed by atoms with Crippen molar-refractivity contribution in [1.29, 1.82) is 5.26 Å². The molecule has 9 nitrogen and oxygen atoms in total. The van der Waals surface area contributed by atoms with Crippen molar-refractivity contribution in [1.82, 2.24) is 24.4 Å². The van der Waals surface area contributed by atoms with Crippen LogP contribution in [-0.2, 0) is 23.6 Å². The molecule has 0 radical (unpaired) electrons. The molecule has 5 heterocycles. The Labute approximate surface area is 238 Å². The second-order valence-electron chi connectivity index (χ2n) is 10.6. The van der Waals surface area contributed by atoms with Crippen LogP contribution in [0.25, 0.3) is 11.0 Å². The Balaban J connectivity index is 1.18. The number of benzene rings is 1. The average molecular weight is 559 g/mol. The largest absolute Gasteiger partial charge is 0.443 e. The monoisotopic (exact) mass is 558 g/mol. The lowest BCUT2D eigenvalue weighted by molar-refractivity contribution is -0.0722. The van der Waals surface area contributed by atoms with Crippen LogP contribution >= 0.6 is 11.6 Å². The van der Waals surface area contributed by atoms with Gasteiger partial charge in [-0.1, -0.05) is 23.7 Å². The summed E-state index contributed by atoms with van der Waals surface area (Å²) in [4.78, 5) is 16.1. The number of hydrogen-bond donors (Lipinski definition) is 0. The Bertz CT molecular complexity index is 1580. The molecule has 0 saturated carbocycles. The number of ether oxygens (including phenoxy) is 3. The van der Waals surface area contributed by atoms with Crippen molar-refractivity contribution >= 4 is 22.6 Å². The molecule has 0 amide bonds. The number of methoxy groups -OCH3 is 1. The highest BCUT2D eigenvalue weighted by Crippen LogP contribution is 2.49. The predicted octanol–water partition coefficient (Wildman–Crippen LogP) is 5.41. The normalized spacial score (nSPS) is 20.1. The van der Waals surface area contributed by atoms with E-state index >= 15 is 0 Å². The van der Waals surface area contributed by atoms with Gasteiger partial charge in [0.15, 0.2) is 11.5 Å². The highest BCUT2D eigenvalue weighted by Gasteiger charge is 2.42. The van der Waals surface area contributed by atoms with Crippen molar-refractivity contribution in [2.45, 2.75) is 57.6 Å². The lowest BCUT2D eigenvalue weighted by Crippen LogP contribution is -2.34. The lowest BCUT2D eigenvalue weighted by atomic mass is 9.88. The van der Waals surface area contributed by atoms with Gasteiger partial charge >= 0.3 is 0 Å². The number of halogens is 1. The molecule has 6 rings (SSSR count). The number of pyridine rings is 2. The van der Waals surface area contributed by atoms with Crippen LogP contribution in [0.2, 0.25) is 5.02 Å². The molecule has 1 aromatic carbocycles. The zero-order valence-corrected chi connectivity index (χ0v) is 23.6. The molecule has 40 heavy (non-hydrogen) atoms. The number of para-hydroxylation sites is 1. The molecule has 4 aromatic rings. The third-order valence-corrected chi connectivity index (χ3v) is 8.09. The van der Waals surface area contributed by atoms with Crippen LogP contribution in [0.3, 0.4) is 0 Å². The molecule has 0 spiro atoms. The second-order valence-corrected chi connectivity index (χ2v) is 11.0. The van der Waals surface area contributed by atoms with Crippen LogP contribution < -0.4 is 9.47 Å². The number of aromatic nitrogens is 4. The van der Waals surface area contributed by atoms with Crippen LogP contribution in [-0.4, -0.2) is 50.7 Å². The van der Waals surface area contributed by atoms with Gasteiger partial charge in [-0.05, 0) is 57.0 Å². The minimum Gasteiger partial charge on any atom is -0.443 e. The summed E-state index contributed by atoms with van der Waals surface area (Å²) in [6.07, 6.45) is 5.35. The zero-order valence-electron chi connectivity index (χ0n) is 22.8. The standard InChI is InChI=1S/C30H31ClN6O3/c1-19(38-3)17-37-25-16-33-22(14-32)13-24(25)35-28(37)18-36-11-9-20(10-12-36)23-5-4-6-26-29(23)40-30(2,39-26)27-8-7-21(31)15-34-27/h4-8,13,15-16,19-20H,9-12,17-18H2,1-3H3/t19?,30-/m0/s1. The number of nitrogens with zero attached hydrogens (tertiary/aromatic N) is 6. The Morgan fingerprint density at radius 1 is 1.18 bits per heavy atom. The summed E-state index contributed by atoms with van der Waals surface area (Å²) < 4.78 is 20.4. The summed E-state index contributed by atoms with van der Waals surface area (Å²) in [5.74, 6) is 1.85. The maximum absolute atomic E-state index is 9.29. The van der Waals surface area contributed by atoms with E-state index in [9.17, 15) is 5.26 Å². The summed E-state index contributed by atoms with van der Waals surface area (Å²) in [7, 11) is 1.71. The van der Waals surface area contributed by atoms with E-state index in [1.165, 1.54) is 5.56 Å². The Kier molecular flexibility index (Phi) is 7.09. The van der Waals surface area contributed by atoms with E-state index in [4.69, 9.17) is 30.8 Å². The molecule has 3 aromatic heterocycles. The predicted molar refractivity (Wildman–Crippen MR) is 150 cm³/mol. The Morgan fingerprint density at radius 3 is 2.73 bits per heavy atom. The molecule has 206 valence electrons. The quantitative estimate of drug-likeness (QED) is 0.297. The number of piperidine rings is 1. The zero-order chi connectivity index (χ0) is 27.9. The van der Waals surface area contributed by atoms with Crippen molar-refractivity contribution in [3.8, 4) is 17.6 Å². The first-order valence-corrected chi connectivity index (χ1v) is 13.9. The van der Waals surface area contributed by atoms with Crippen molar-refractivity contribution in [3.63, 3.8) is 0 Å². The second kappa shape index (κ2) is 10.7. The van der Waals surface area contributed by atoms with E-state index in [0.29, 0.717) is 35.4 Å². The van der Waals surface area contributed by atoms with Crippen molar-refractivity contribution in [2.75, 3.05) is 20.2 Å². The molecule has 2 atom stereocenters. The third kappa shape index (κ3) is 4.99. The van der Waals surface area contributed by atoms with Gasteiger partial charge in [0, 0.05) is 31.9 Å². The van der Waals surface area contributed by atoms with E-state index in [2.05, 4.69) is 31.6 Å². The molecule has 2 aliphatic rings. The Morgan fingerprint density at radius 2 is 2.00 bits per heavy atom. The SMILES string of the molecule is COC(C)Cn1c(CN2CCC(c3cccc4c3O[C@@](C)(c3ccc(Cl)cn3)O4)CC2)nc2cc(C#N)ncc21. The molecule has 1 fully saturated rings. The smallest absolute Gasteiger partial charge is 0.292 e. The summed E-state index contributed by atoms with van der Waals surface area (Å²) in [6.45, 7) is 7.16. The van der Waals surface area contributed by atoms with E-state index in [1.807, 2.05) is 32.0 Å². The highest BCUT2D eigenvalue weighted by molar-refractivity contribution is 6.30. The average Bonchev–Trinajstić information content (AvgIpc) is 3.50. The van der Waals surface area contributed by atoms with Gasteiger partial charge in [0.2, 0.25) is 0 Å². The highest BCUT2D eigenvalue weighted by atomic mass is 35.5. The lowest BCUT2D eigenvalue weighted by Gasteiger charge is -2.32. The molecule has 2 aliphatic heterocycles. The third-order valence-electron chi connectivity index (χ3n) is 7.87. The number of imidazole rings is 1. The first-order chi connectivity index (χ1) is 19.4. The van der Waals surface area contributed by atoms with Gasteiger partial charge in [0.1, 0.15) is 23.3 Å². The maximum atomic E-state index is 9.29. The van der Waals surface area contributed by atoms with Crippen LogP contribution in [0.15, 0.2) is 48.8 Å². The van der Waals surface area contributed by atoms with Gasteiger partial charge in [-0.3, -0.25) is 9.88 Å². The number of fused-ring (bicyclic) bond motifs is 2. The molecule has 0 N–H and O–H groups in total. The van der Waals surface area contributed by atoms with Gasteiger partial charge in [-0.15, -0.1) is 0 Å². The molecule has 0 bridgehead atoms. The molecular formula is C30H31ClN6O3. The molecule has 1 saturated heterocycles. The minimum atomic E-state index is -0.998. The van der Waals surface area contributed by atoms with Crippen molar-refractivity contribution in [2.24, 2.45) is 0 Å². The van der Waals surface area contributed by atoms with Crippen LogP contribution in [0.1, 0.15) is 55.4 Å². The number of likely N-dealkylation sites (tertiary alicyclic amines) is 1. The van der Waals surface area contributed by atoms with E-state index in [1.54, 1.807) is 31.6 Å². The van der Waals surface area contributed by atoms with E-state index in [0.717, 1.165) is 54.3 Å². The van der Waals surface area contributed by atoms with Crippen LogP contribution in [0.5, 0.6) is 11.5 Å². The first kappa shape index (κ1) is 26.5. The summed E-state index contributed by atoms with van der Waals surface area (Å²) in [5, 5.41) is 9.86. The molecule has 0 aliphatic carbocycles. The number of hydrogen-bond acceptors (Lipinski definition) is 8. The van der Waals surface area contributed by atoms with Gasteiger partial charge in [0.25, 0.3) is 5.79 Å².